The molecule has 1 aromatic carbocycles. The Morgan fingerprint density at radius 1 is 1.17 bits per heavy atom. The van der Waals surface area contributed by atoms with E-state index in [1.54, 1.807) is 7.11 Å². The van der Waals surface area contributed by atoms with Gasteiger partial charge in [0.15, 0.2) is 0 Å². The largest absolute Gasteiger partial charge is 0.496 e. The zero-order valence-electron chi connectivity index (χ0n) is 11.6. The summed E-state index contributed by atoms with van der Waals surface area (Å²) in [6, 6.07) is 4.98. The topological polar surface area (TPSA) is 47.3 Å². The Labute approximate surface area is 110 Å². The predicted molar refractivity (Wildman–Crippen MR) is 76.3 cm³/mol. The summed E-state index contributed by atoms with van der Waals surface area (Å²) in [7, 11) is 1.72. The van der Waals surface area contributed by atoms with Gasteiger partial charge in [-0.15, -0.1) is 0 Å². The number of rotatable bonds is 3. The third kappa shape index (κ3) is 2.78. The fourth-order valence-electron chi connectivity index (χ4n) is 2.91. The van der Waals surface area contributed by atoms with E-state index in [1.165, 1.54) is 30.4 Å². The summed E-state index contributed by atoms with van der Waals surface area (Å²) >= 11 is 0. The molecule has 0 amide bonds. The number of aryl methyl sites for hydroxylation is 2. The van der Waals surface area contributed by atoms with Crippen molar-refractivity contribution in [1.29, 1.82) is 0 Å². The second-order valence-electron chi connectivity index (χ2n) is 5.34. The van der Waals surface area contributed by atoms with Crippen molar-refractivity contribution in [3.05, 3.63) is 23.3 Å². The molecule has 18 heavy (non-hydrogen) atoms. The van der Waals surface area contributed by atoms with Crippen LogP contribution in [0.2, 0.25) is 0 Å². The lowest BCUT2D eigenvalue weighted by molar-refractivity contribution is 0.403. The van der Waals surface area contributed by atoms with E-state index in [4.69, 9.17) is 10.5 Å². The van der Waals surface area contributed by atoms with Gasteiger partial charge in [-0.25, -0.2) is 0 Å². The lowest BCUT2D eigenvalue weighted by atomic mass is 9.90. The molecule has 0 bridgehead atoms. The molecule has 3 heteroatoms. The first-order valence-electron chi connectivity index (χ1n) is 6.79. The molecular formula is C15H24N2O. The Morgan fingerprint density at radius 3 is 2.33 bits per heavy atom. The van der Waals surface area contributed by atoms with Crippen molar-refractivity contribution < 1.29 is 4.74 Å². The average Bonchev–Trinajstić information content (AvgIpc) is 2.32. The van der Waals surface area contributed by atoms with Gasteiger partial charge >= 0.3 is 0 Å². The number of nitrogens with two attached hydrogens (primary N) is 1. The van der Waals surface area contributed by atoms with Crippen LogP contribution in [0.1, 0.15) is 36.8 Å². The molecule has 1 aliphatic carbocycles. The van der Waals surface area contributed by atoms with E-state index in [-0.39, 0.29) is 6.04 Å². The predicted octanol–water partition coefficient (Wildman–Crippen LogP) is 2.99. The maximum absolute atomic E-state index is 6.17. The molecule has 1 fully saturated rings. The lowest BCUT2D eigenvalue weighted by Gasteiger charge is -2.30. The van der Waals surface area contributed by atoms with Crippen LogP contribution in [0.3, 0.4) is 0 Å². The first-order chi connectivity index (χ1) is 8.61. The fraction of sp³-hybridized carbons (Fsp3) is 0.600. The van der Waals surface area contributed by atoms with Gasteiger partial charge in [-0.2, -0.15) is 0 Å². The minimum Gasteiger partial charge on any atom is -0.496 e. The number of nitrogens with one attached hydrogen (secondary N) is 1. The molecule has 3 N–H and O–H groups in total. The van der Waals surface area contributed by atoms with Crippen LogP contribution in [-0.2, 0) is 0 Å². The van der Waals surface area contributed by atoms with Gasteiger partial charge < -0.3 is 15.8 Å². The summed E-state index contributed by atoms with van der Waals surface area (Å²) in [6.45, 7) is 4.16. The summed E-state index contributed by atoms with van der Waals surface area (Å²) in [4.78, 5) is 0. The molecule has 1 aromatic rings. The molecule has 0 radical (unpaired) electrons. The smallest absolute Gasteiger partial charge is 0.124 e. The van der Waals surface area contributed by atoms with Gasteiger partial charge in [0.1, 0.15) is 5.75 Å². The van der Waals surface area contributed by atoms with Crippen molar-refractivity contribution in [2.75, 3.05) is 12.4 Å². The third-order valence-corrected chi connectivity index (χ3v) is 3.84. The van der Waals surface area contributed by atoms with Crippen molar-refractivity contribution in [3.63, 3.8) is 0 Å². The number of ether oxygens (including phenoxy) is 1. The second kappa shape index (κ2) is 5.61. The van der Waals surface area contributed by atoms with Crippen LogP contribution in [-0.4, -0.2) is 19.2 Å². The van der Waals surface area contributed by atoms with Crippen LogP contribution in [0.5, 0.6) is 5.75 Å². The van der Waals surface area contributed by atoms with Crippen LogP contribution in [0, 0.1) is 13.8 Å². The third-order valence-electron chi connectivity index (χ3n) is 3.84. The summed E-state index contributed by atoms with van der Waals surface area (Å²) in [5, 5.41) is 3.58. The number of hydrogen-bond acceptors (Lipinski definition) is 3. The molecule has 0 aliphatic heterocycles. The van der Waals surface area contributed by atoms with Crippen LogP contribution in [0.4, 0.5) is 5.69 Å². The molecule has 0 saturated heterocycles. The number of benzene rings is 1. The monoisotopic (exact) mass is 248 g/mol. The van der Waals surface area contributed by atoms with Crippen molar-refractivity contribution in [1.82, 2.24) is 0 Å². The number of methoxy groups -OCH3 is 1. The molecule has 0 heterocycles. The van der Waals surface area contributed by atoms with Crippen LogP contribution >= 0.6 is 0 Å². The minimum atomic E-state index is 0.279. The van der Waals surface area contributed by atoms with E-state index < -0.39 is 0 Å². The van der Waals surface area contributed by atoms with Gasteiger partial charge in [0.25, 0.3) is 0 Å². The minimum absolute atomic E-state index is 0.279. The van der Waals surface area contributed by atoms with E-state index in [2.05, 4.69) is 31.3 Å². The molecule has 0 spiro atoms. The number of anilines is 1. The summed E-state index contributed by atoms with van der Waals surface area (Å²) in [5.74, 6) is 0.980. The molecule has 0 aromatic heterocycles. The summed E-state index contributed by atoms with van der Waals surface area (Å²) in [5.41, 5.74) is 9.67. The molecule has 100 valence electrons. The fourth-order valence-corrected chi connectivity index (χ4v) is 2.91. The van der Waals surface area contributed by atoms with E-state index >= 15 is 0 Å². The maximum atomic E-state index is 6.17. The van der Waals surface area contributed by atoms with Gasteiger partial charge in [0.2, 0.25) is 0 Å². The number of hydrogen-bond donors (Lipinski definition) is 2. The Bertz CT molecular complexity index is 394. The highest BCUT2D eigenvalue weighted by Crippen LogP contribution is 2.28. The zero-order chi connectivity index (χ0) is 13.1. The van der Waals surface area contributed by atoms with Crippen LogP contribution < -0.4 is 15.8 Å². The Balaban J connectivity index is 2.14. The van der Waals surface area contributed by atoms with E-state index in [0.717, 1.165) is 17.9 Å². The van der Waals surface area contributed by atoms with Crippen molar-refractivity contribution in [3.8, 4) is 5.75 Å². The van der Waals surface area contributed by atoms with Crippen molar-refractivity contribution in [2.24, 2.45) is 5.73 Å². The molecule has 2 unspecified atom stereocenters. The summed E-state index contributed by atoms with van der Waals surface area (Å²) in [6.07, 6.45) is 4.84. The quantitative estimate of drug-likeness (QED) is 0.864. The second-order valence-corrected chi connectivity index (χ2v) is 5.34. The van der Waals surface area contributed by atoms with Crippen LogP contribution in [0.25, 0.3) is 0 Å². The normalized spacial score (nSPS) is 23.8. The van der Waals surface area contributed by atoms with Gasteiger partial charge in [-0.3, -0.25) is 0 Å². The first-order valence-corrected chi connectivity index (χ1v) is 6.79. The molecule has 3 nitrogen and oxygen atoms in total. The van der Waals surface area contributed by atoms with Gasteiger partial charge in [0, 0.05) is 17.8 Å². The molecule has 2 rings (SSSR count). The Hall–Kier alpha value is -1.22. The van der Waals surface area contributed by atoms with Gasteiger partial charge in [0.05, 0.1) is 7.11 Å². The van der Waals surface area contributed by atoms with E-state index in [9.17, 15) is 0 Å². The lowest BCUT2D eigenvalue weighted by Crippen LogP contribution is -2.42. The Morgan fingerprint density at radius 2 is 1.78 bits per heavy atom. The average molecular weight is 248 g/mol. The maximum Gasteiger partial charge on any atom is 0.124 e. The SMILES string of the molecule is COc1c(C)cc(NC2CCCCC2N)cc1C. The van der Waals surface area contributed by atoms with Crippen molar-refractivity contribution >= 4 is 5.69 Å². The molecule has 1 saturated carbocycles. The van der Waals surface area contributed by atoms with Crippen LogP contribution in [0.15, 0.2) is 12.1 Å². The highest BCUT2D eigenvalue weighted by molar-refractivity contribution is 5.55. The zero-order valence-corrected chi connectivity index (χ0v) is 11.6. The van der Waals surface area contributed by atoms with Gasteiger partial charge in [-0.05, 0) is 49.9 Å². The van der Waals surface area contributed by atoms with Crippen molar-refractivity contribution in [2.45, 2.75) is 51.6 Å². The van der Waals surface area contributed by atoms with Gasteiger partial charge in [-0.1, -0.05) is 12.8 Å². The first kappa shape index (κ1) is 13.2. The van der Waals surface area contributed by atoms with E-state index in [1.807, 2.05) is 0 Å². The molecule has 1 aliphatic rings. The standard InChI is InChI=1S/C15H24N2O/c1-10-8-12(9-11(2)15(10)18-3)17-14-7-5-4-6-13(14)16/h8-9,13-14,17H,4-7,16H2,1-3H3. The molecule has 2 atom stereocenters. The highest BCUT2D eigenvalue weighted by atomic mass is 16.5. The highest BCUT2D eigenvalue weighted by Gasteiger charge is 2.21. The summed E-state index contributed by atoms with van der Waals surface area (Å²) < 4.78 is 5.39. The molecular weight excluding hydrogens is 224 g/mol. The van der Waals surface area contributed by atoms with E-state index in [0.29, 0.717) is 6.04 Å². The Kier molecular flexibility index (Phi) is 4.12.